The second-order valence-corrected chi connectivity index (χ2v) is 4.57. The van der Waals surface area contributed by atoms with E-state index in [0.717, 1.165) is 0 Å². The van der Waals surface area contributed by atoms with Crippen LogP contribution in [0.3, 0.4) is 0 Å². The summed E-state index contributed by atoms with van der Waals surface area (Å²) in [6.07, 6.45) is 0. The van der Waals surface area contributed by atoms with Crippen LogP contribution >= 0.6 is 22.9 Å². The number of hydrogen-bond acceptors (Lipinski definition) is 3. The van der Waals surface area contributed by atoms with E-state index in [1.54, 1.807) is 35.7 Å². The van der Waals surface area contributed by atoms with E-state index in [1.807, 2.05) is 6.07 Å². The first-order valence-electron chi connectivity index (χ1n) is 4.75. The largest absolute Gasteiger partial charge is 0.321 e. The molecule has 2 aromatic rings. The first-order valence-corrected chi connectivity index (χ1v) is 6.01. The smallest absolute Gasteiger partial charge is 0.267 e. The molecule has 0 bridgehead atoms. The van der Waals surface area contributed by atoms with Crippen LogP contribution in [0.25, 0.3) is 0 Å². The zero-order chi connectivity index (χ0) is 12.3. The van der Waals surface area contributed by atoms with E-state index in [2.05, 4.69) is 5.32 Å². The van der Waals surface area contributed by atoms with Crippen LogP contribution in [0.5, 0.6) is 0 Å². The van der Waals surface area contributed by atoms with Crippen molar-refractivity contribution in [3.8, 4) is 6.07 Å². The van der Waals surface area contributed by atoms with Gasteiger partial charge in [-0.2, -0.15) is 5.26 Å². The van der Waals surface area contributed by atoms with E-state index >= 15 is 0 Å². The maximum absolute atomic E-state index is 11.8. The SMILES string of the molecule is N#Cc1cccc(NC(=O)c2sccc2Cl)c1. The zero-order valence-electron chi connectivity index (χ0n) is 8.61. The van der Waals surface area contributed by atoms with Crippen LogP contribution in [0.4, 0.5) is 5.69 Å². The number of nitrogens with one attached hydrogen (secondary N) is 1. The molecule has 0 saturated heterocycles. The van der Waals surface area contributed by atoms with Crippen LogP contribution in [-0.4, -0.2) is 5.91 Å². The lowest BCUT2D eigenvalue weighted by Crippen LogP contribution is -2.10. The summed E-state index contributed by atoms with van der Waals surface area (Å²) >= 11 is 7.13. The van der Waals surface area contributed by atoms with Crippen molar-refractivity contribution in [3.05, 3.63) is 51.2 Å². The van der Waals surface area contributed by atoms with Gasteiger partial charge in [-0.1, -0.05) is 17.7 Å². The second kappa shape index (κ2) is 5.00. The number of carbonyl (C=O) groups is 1. The van der Waals surface area contributed by atoms with Gasteiger partial charge in [0.1, 0.15) is 4.88 Å². The van der Waals surface area contributed by atoms with E-state index in [9.17, 15) is 4.79 Å². The summed E-state index contributed by atoms with van der Waals surface area (Å²) in [6.45, 7) is 0. The maximum atomic E-state index is 11.8. The van der Waals surface area contributed by atoms with Crippen molar-refractivity contribution in [2.24, 2.45) is 0 Å². The average Bonchev–Trinajstić information content (AvgIpc) is 2.76. The lowest BCUT2D eigenvalue weighted by Gasteiger charge is -2.03. The maximum Gasteiger partial charge on any atom is 0.267 e. The minimum Gasteiger partial charge on any atom is -0.321 e. The summed E-state index contributed by atoms with van der Waals surface area (Å²) in [4.78, 5) is 12.3. The van der Waals surface area contributed by atoms with Gasteiger partial charge >= 0.3 is 0 Å². The molecular weight excluding hydrogens is 256 g/mol. The summed E-state index contributed by atoms with van der Waals surface area (Å²) in [5.74, 6) is -0.264. The van der Waals surface area contributed by atoms with E-state index in [0.29, 0.717) is 21.2 Å². The van der Waals surface area contributed by atoms with Gasteiger partial charge in [0.05, 0.1) is 16.7 Å². The van der Waals surface area contributed by atoms with Gasteiger partial charge in [0, 0.05) is 5.69 Å². The molecule has 1 heterocycles. The molecule has 2 rings (SSSR count). The number of amides is 1. The summed E-state index contributed by atoms with van der Waals surface area (Å²) < 4.78 is 0. The van der Waals surface area contributed by atoms with Crippen molar-refractivity contribution in [2.75, 3.05) is 5.32 Å². The second-order valence-electron chi connectivity index (χ2n) is 3.24. The zero-order valence-corrected chi connectivity index (χ0v) is 10.2. The van der Waals surface area contributed by atoms with Gasteiger partial charge in [-0.15, -0.1) is 11.3 Å². The quantitative estimate of drug-likeness (QED) is 0.900. The molecule has 0 spiro atoms. The van der Waals surface area contributed by atoms with Crippen molar-refractivity contribution in [1.82, 2.24) is 0 Å². The standard InChI is InChI=1S/C12H7ClN2OS/c13-10-4-5-17-11(10)12(16)15-9-3-1-2-8(6-9)7-14/h1-6H,(H,15,16). The van der Waals surface area contributed by atoms with E-state index in [-0.39, 0.29) is 5.91 Å². The lowest BCUT2D eigenvalue weighted by atomic mass is 10.2. The highest BCUT2D eigenvalue weighted by Crippen LogP contribution is 2.23. The Labute approximate surface area is 107 Å². The number of halogens is 1. The normalized spacial score (nSPS) is 9.65. The van der Waals surface area contributed by atoms with Crippen molar-refractivity contribution < 1.29 is 4.79 Å². The number of anilines is 1. The van der Waals surface area contributed by atoms with Gasteiger partial charge in [-0.25, -0.2) is 0 Å². The van der Waals surface area contributed by atoms with Crippen molar-refractivity contribution >= 4 is 34.5 Å². The third kappa shape index (κ3) is 2.64. The molecule has 84 valence electrons. The van der Waals surface area contributed by atoms with Gasteiger partial charge in [0.15, 0.2) is 0 Å². The monoisotopic (exact) mass is 262 g/mol. The number of carbonyl (C=O) groups excluding carboxylic acids is 1. The van der Waals surface area contributed by atoms with E-state index in [4.69, 9.17) is 16.9 Å². The molecule has 1 aromatic carbocycles. The highest BCUT2D eigenvalue weighted by Gasteiger charge is 2.11. The predicted molar refractivity (Wildman–Crippen MR) is 68.4 cm³/mol. The molecule has 0 unspecified atom stereocenters. The fourth-order valence-electron chi connectivity index (χ4n) is 1.31. The summed E-state index contributed by atoms with van der Waals surface area (Å²) in [5, 5.41) is 13.6. The average molecular weight is 263 g/mol. The molecular formula is C12H7ClN2OS. The molecule has 1 amide bonds. The number of hydrogen-bond donors (Lipinski definition) is 1. The highest BCUT2D eigenvalue weighted by molar-refractivity contribution is 7.12. The van der Waals surface area contributed by atoms with Gasteiger partial charge in [-0.05, 0) is 29.6 Å². The third-order valence-electron chi connectivity index (χ3n) is 2.07. The molecule has 3 nitrogen and oxygen atoms in total. The Morgan fingerprint density at radius 1 is 1.41 bits per heavy atom. The minimum atomic E-state index is -0.264. The molecule has 0 aliphatic heterocycles. The Morgan fingerprint density at radius 2 is 2.24 bits per heavy atom. The highest BCUT2D eigenvalue weighted by atomic mass is 35.5. The molecule has 0 saturated carbocycles. The fraction of sp³-hybridized carbons (Fsp3) is 0. The lowest BCUT2D eigenvalue weighted by molar-refractivity contribution is 0.103. The molecule has 17 heavy (non-hydrogen) atoms. The molecule has 1 aromatic heterocycles. The van der Waals surface area contributed by atoms with Gasteiger partial charge in [0.2, 0.25) is 0 Å². The molecule has 5 heteroatoms. The summed E-state index contributed by atoms with van der Waals surface area (Å²) in [7, 11) is 0. The number of thiophene rings is 1. The van der Waals surface area contributed by atoms with Gasteiger partial charge in [0.25, 0.3) is 5.91 Å². The molecule has 0 radical (unpaired) electrons. The van der Waals surface area contributed by atoms with Crippen molar-refractivity contribution in [3.63, 3.8) is 0 Å². The summed E-state index contributed by atoms with van der Waals surface area (Å²) in [5.41, 5.74) is 1.08. The van der Waals surface area contributed by atoms with Crippen LogP contribution in [-0.2, 0) is 0 Å². The van der Waals surface area contributed by atoms with Crippen molar-refractivity contribution in [1.29, 1.82) is 5.26 Å². The molecule has 1 N–H and O–H groups in total. The number of nitrogens with zero attached hydrogens (tertiary/aromatic N) is 1. The topological polar surface area (TPSA) is 52.9 Å². The number of nitriles is 1. The Kier molecular flexibility index (Phi) is 3.43. The van der Waals surface area contributed by atoms with Crippen LogP contribution in [0, 0.1) is 11.3 Å². The summed E-state index contributed by atoms with van der Waals surface area (Å²) in [6, 6.07) is 10.4. The Morgan fingerprint density at radius 3 is 2.88 bits per heavy atom. The number of rotatable bonds is 2. The molecule has 0 aliphatic carbocycles. The number of benzene rings is 1. The Bertz CT molecular complexity index is 601. The van der Waals surface area contributed by atoms with E-state index < -0.39 is 0 Å². The van der Waals surface area contributed by atoms with Crippen molar-refractivity contribution in [2.45, 2.75) is 0 Å². The Hall–Kier alpha value is -1.83. The first-order chi connectivity index (χ1) is 8.20. The molecule has 0 aliphatic rings. The van der Waals surface area contributed by atoms with Crippen LogP contribution in [0.2, 0.25) is 5.02 Å². The van der Waals surface area contributed by atoms with Crippen LogP contribution in [0.15, 0.2) is 35.7 Å². The third-order valence-corrected chi connectivity index (χ3v) is 3.41. The molecule has 0 atom stereocenters. The first kappa shape index (κ1) is 11.6. The van der Waals surface area contributed by atoms with Crippen LogP contribution < -0.4 is 5.32 Å². The van der Waals surface area contributed by atoms with E-state index in [1.165, 1.54) is 11.3 Å². The fourth-order valence-corrected chi connectivity index (χ4v) is 2.35. The van der Waals surface area contributed by atoms with Crippen LogP contribution in [0.1, 0.15) is 15.2 Å². The predicted octanol–water partition coefficient (Wildman–Crippen LogP) is 3.53. The molecule has 0 fully saturated rings. The van der Waals surface area contributed by atoms with Gasteiger partial charge in [-0.3, -0.25) is 4.79 Å². The Balaban J connectivity index is 2.19. The van der Waals surface area contributed by atoms with Gasteiger partial charge < -0.3 is 5.32 Å². The minimum absolute atomic E-state index is 0.264.